The van der Waals surface area contributed by atoms with Crippen LogP contribution in [0.2, 0.25) is 0 Å². The maximum absolute atomic E-state index is 13.0. The fourth-order valence-electron chi connectivity index (χ4n) is 9.42. The molecule has 0 aliphatic heterocycles. The van der Waals surface area contributed by atoms with Crippen molar-refractivity contribution in [1.82, 2.24) is 5.32 Å². The Hall–Kier alpha value is -3.10. The van der Waals surface area contributed by atoms with Crippen LogP contribution in [-0.2, 0) is 18.4 Å². The molecule has 8 nitrogen and oxygen atoms in total. The predicted molar refractivity (Wildman–Crippen MR) is 357 cm³/mol. The number of quaternary nitrogens is 1. The van der Waals surface area contributed by atoms with E-state index < -0.39 is 26.6 Å². The second-order valence-electron chi connectivity index (χ2n) is 23.8. The molecule has 0 saturated carbocycles. The summed E-state index contributed by atoms with van der Waals surface area (Å²) >= 11 is 0. The molecule has 0 aromatic heterocycles. The van der Waals surface area contributed by atoms with E-state index in [2.05, 4.69) is 129 Å². The van der Waals surface area contributed by atoms with Crippen molar-refractivity contribution in [2.24, 2.45) is 0 Å². The average Bonchev–Trinajstić information content (AvgIpc) is 3.47. The van der Waals surface area contributed by atoms with Gasteiger partial charge in [-0.1, -0.05) is 302 Å². The van der Waals surface area contributed by atoms with E-state index in [1.807, 2.05) is 27.2 Å². The monoisotopic (exact) mass is 1160 g/mol. The highest BCUT2D eigenvalue weighted by atomic mass is 31.2. The lowest BCUT2D eigenvalue weighted by Crippen LogP contribution is -2.45. The van der Waals surface area contributed by atoms with E-state index in [0.717, 1.165) is 89.9 Å². The summed E-state index contributed by atoms with van der Waals surface area (Å²) < 4.78 is 23.4. The molecular formula is C73H129N2O6P. The molecule has 0 saturated heterocycles. The number of carbonyl (C=O) groups excluding carboxylic acids is 1. The van der Waals surface area contributed by atoms with E-state index in [1.165, 1.54) is 173 Å². The zero-order valence-electron chi connectivity index (χ0n) is 53.9. The third kappa shape index (κ3) is 64.5. The third-order valence-electron chi connectivity index (χ3n) is 14.7. The Labute approximate surface area is 507 Å². The Balaban J connectivity index is 4.15. The van der Waals surface area contributed by atoms with Crippen LogP contribution in [0.5, 0.6) is 0 Å². The van der Waals surface area contributed by atoms with Gasteiger partial charge in [0.25, 0.3) is 7.82 Å². The standard InChI is InChI=1S/C73H129N2O6P/c1-6-8-10-12-14-16-18-20-22-24-26-28-30-31-32-33-34-35-36-37-38-39-40-41-42-43-45-47-49-51-53-55-57-59-61-63-65-67-73(77)74-71(70-81-82(78,79)80-69-68-75(3,4)5)72(76)66-64-62-60-58-56-54-52-50-48-46-44-29-27-25-23-21-19-17-15-13-11-9-7-2/h8,10,14,16,20,22,26,28,31-32,34-35,37-38,40-41,56,58,64,66,71-72,76H,6-7,9,11-13,15,17-19,21,23-25,27,29-30,33,36,39,42-55,57,59-63,65,67-70H2,1-5H3,(H-,74,77,78,79)/b10-8-,16-14-,22-20-,28-26-,32-31-,35-34-,38-37-,41-40-,58-56+,66-64+. The van der Waals surface area contributed by atoms with E-state index in [4.69, 9.17) is 9.05 Å². The molecule has 0 aliphatic carbocycles. The molecule has 2 N–H and O–H groups in total. The van der Waals surface area contributed by atoms with Gasteiger partial charge in [0.05, 0.1) is 39.9 Å². The molecule has 0 aromatic rings. The Kier molecular flexibility index (Phi) is 60.1. The van der Waals surface area contributed by atoms with Crippen LogP contribution >= 0.6 is 7.82 Å². The van der Waals surface area contributed by atoms with Crippen molar-refractivity contribution in [3.05, 3.63) is 122 Å². The average molecular weight is 1160 g/mol. The molecule has 82 heavy (non-hydrogen) atoms. The summed E-state index contributed by atoms with van der Waals surface area (Å²) in [7, 11) is 1.24. The Morgan fingerprint density at radius 1 is 0.439 bits per heavy atom. The van der Waals surface area contributed by atoms with Crippen molar-refractivity contribution in [2.45, 2.75) is 296 Å². The number of hydrogen-bond acceptors (Lipinski definition) is 6. The van der Waals surface area contributed by atoms with Crippen LogP contribution in [-0.4, -0.2) is 68.5 Å². The van der Waals surface area contributed by atoms with E-state index in [1.54, 1.807) is 6.08 Å². The first-order valence-electron chi connectivity index (χ1n) is 33.9. The Morgan fingerprint density at radius 3 is 1.13 bits per heavy atom. The molecular weight excluding hydrogens is 1030 g/mol. The number of amides is 1. The van der Waals surface area contributed by atoms with E-state index in [0.29, 0.717) is 17.4 Å². The number of aliphatic hydroxyl groups is 1. The van der Waals surface area contributed by atoms with Crippen molar-refractivity contribution in [3.63, 3.8) is 0 Å². The number of carbonyl (C=O) groups is 1. The van der Waals surface area contributed by atoms with Gasteiger partial charge in [-0.3, -0.25) is 9.36 Å². The van der Waals surface area contributed by atoms with Crippen LogP contribution in [0.1, 0.15) is 284 Å². The molecule has 0 aliphatic rings. The highest BCUT2D eigenvalue weighted by Crippen LogP contribution is 2.38. The van der Waals surface area contributed by atoms with Crippen molar-refractivity contribution in [3.8, 4) is 0 Å². The molecule has 0 spiro atoms. The third-order valence-corrected chi connectivity index (χ3v) is 15.6. The molecule has 0 heterocycles. The summed E-state index contributed by atoms with van der Waals surface area (Å²) in [6.07, 6.45) is 93.1. The molecule has 9 heteroatoms. The fourth-order valence-corrected chi connectivity index (χ4v) is 10.1. The summed E-state index contributed by atoms with van der Waals surface area (Å²) in [6.45, 7) is 4.53. The lowest BCUT2D eigenvalue weighted by molar-refractivity contribution is -0.870. The number of phosphoric ester groups is 1. The van der Waals surface area contributed by atoms with Gasteiger partial charge < -0.3 is 28.8 Å². The van der Waals surface area contributed by atoms with Crippen LogP contribution in [0.15, 0.2) is 122 Å². The van der Waals surface area contributed by atoms with Crippen molar-refractivity contribution in [2.75, 3.05) is 40.9 Å². The largest absolute Gasteiger partial charge is 0.756 e. The molecule has 0 fully saturated rings. The van der Waals surface area contributed by atoms with Gasteiger partial charge in [0, 0.05) is 6.42 Å². The van der Waals surface area contributed by atoms with Crippen LogP contribution < -0.4 is 10.2 Å². The van der Waals surface area contributed by atoms with Gasteiger partial charge in [-0.15, -0.1) is 0 Å². The first-order chi connectivity index (χ1) is 40.0. The van der Waals surface area contributed by atoms with Gasteiger partial charge in [0.1, 0.15) is 13.2 Å². The number of hydrogen-bond donors (Lipinski definition) is 2. The number of aliphatic hydroxyl groups excluding tert-OH is 1. The van der Waals surface area contributed by atoms with Gasteiger partial charge >= 0.3 is 0 Å². The second-order valence-corrected chi connectivity index (χ2v) is 25.2. The normalized spacial score (nSPS) is 14.5. The van der Waals surface area contributed by atoms with Gasteiger partial charge in [0.15, 0.2) is 0 Å². The van der Waals surface area contributed by atoms with Crippen molar-refractivity contribution in [1.29, 1.82) is 0 Å². The number of likely N-dealkylation sites (N-methyl/N-ethyl adjacent to an activating group) is 1. The van der Waals surface area contributed by atoms with E-state index >= 15 is 0 Å². The van der Waals surface area contributed by atoms with E-state index in [9.17, 15) is 19.4 Å². The minimum Gasteiger partial charge on any atom is -0.756 e. The minimum atomic E-state index is -4.62. The van der Waals surface area contributed by atoms with E-state index in [-0.39, 0.29) is 12.5 Å². The number of nitrogens with one attached hydrogen (secondary N) is 1. The van der Waals surface area contributed by atoms with Gasteiger partial charge in [-0.2, -0.15) is 0 Å². The Bertz CT molecular complexity index is 1750. The molecule has 3 atom stereocenters. The molecule has 0 bridgehead atoms. The van der Waals surface area contributed by atoms with Gasteiger partial charge in [0.2, 0.25) is 5.91 Å². The summed E-state index contributed by atoms with van der Waals surface area (Å²) in [5.41, 5.74) is 0. The SMILES string of the molecule is CC/C=C\C/C=C\C/C=C\C/C=C\C/C=C\C/C=C\C/C=C\C/C=C\CCCCCCCCCCCCCCC(=O)NC(COP(=O)([O-])OCC[N+](C)(C)C)C(O)/C=C/CC/C=C/CCCCCCCCCCCCCCCCCCC. The second kappa shape index (κ2) is 62.4. The number of rotatable bonds is 61. The lowest BCUT2D eigenvalue weighted by Gasteiger charge is -2.29. The van der Waals surface area contributed by atoms with Crippen molar-refractivity contribution >= 4 is 13.7 Å². The van der Waals surface area contributed by atoms with Gasteiger partial charge in [-0.05, 0) is 96.3 Å². The zero-order chi connectivity index (χ0) is 59.8. The lowest BCUT2D eigenvalue weighted by atomic mass is 10.0. The number of nitrogens with zero attached hydrogens (tertiary/aromatic N) is 1. The first-order valence-corrected chi connectivity index (χ1v) is 35.4. The van der Waals surface area contributed by atoms with Crippen LogP contribution in [0.3, 0.4) is 0 Å². The summed E-state index contributed by atoms with van der Waals surface area (Å²) in [6, 6.07) is -0.913. The smallest absolute Gasteiger partial charge is 0.268 e. The zero-order valence-corrected chi connectivity index (χ0v) is 54.8. The highest BCUT2D eigenvalue weighted by molar-refractivity contribution is 7.45. The quantitative estimate of drug-likeness (QED) is 0.0272. The summed E-state index contributed by atoms with van der Waals surface area (Å²) in [5, 5.41) is 13.9. The summed E-state index contributed by atoms with van der Waals surface area (Å²) in [4.78, 5) is 25.6. The number of allylic oxidation sites excluding steroid dienone is 19. The fraction of sp³-hybridized carbons (Fsp3) is 0.712. The highest BCUT2D eigenvalue weighted by Gasteiger charge is 2.23. The minimum absolute atomic E-state index is 0.0113. The molecule has 472 valence electrons. The first kappa shape index (κ1) is 78.9. The molecule has 3 unspecified atom stereocenters. The van der Waals surface area contributed by atoms with Crippen molar-refractivity contribution < 1.29 is 32.9 Å². The van der Waals surface area contributed by atoms with Crippen LogP contribution in [0.25, 0.3) is 0 Å². The maximum Gasteiger partial charge on any atom is 0.268 e. The van der Waals surface area contributed by atoms with Gasteiger partial charge in [-0.25, -0.2) is 0 Å². The molecule has 0 aromatic carbocycles. The summed E-state index contributed by atoms with van der Waals surface area (Å²) in [5.74, 6) is -0.211. The molecule has 0 radical (unpaired) electrons. The Morgan fingerprint density at radius 2 is 0.756 bits per heavy atom. The molecule has 1 amide bonds. The number of unbranched alkanes of at least 4 members (excludes halogenated alkanes) is 30. The van der Waals surface area contributed by atoms with Crippen LogP contribution in [0, 0.1) is 0 Å². The predicted octanol–water partition coefficient (Wildman–Crippen LogP) is 21.0. The number of phosphoric acid groups is 1. The molecule has 0 rings (SSSR count). The topological polar surface area (TPSA) is 108 Å². The maximum atomic E-state index is 13.0. The van der Waals surface area contributed by atoms with Crippen LogP contribution in [0.4, 0.5) is 0 Å².